The van der Waals surface area contributed by atoms with Gasteiger partial charge in [-0.3, -0.25) is 0 Å². The monoisotopic (exact) mass is 964 g/mol. The molecule has 2 aromatic heterocycles. The number of fused-ring (bicyclic) bond motifs is 13. The van der Waals surface area contributed by atoms with Crippen molar-refractivity contribution in [2.75, 3.05) is 0 Å². The van der Waals surface area contributed by atoms with Crippen molar-refractivity contribution >= 4 is 97.7 Å². The smallest absolute Gasteiger partial charge is 0.143 e. The highest BCUT2D eigenvalue weighted by Gasteiger charge is 2.28. The molecule has 0 aliphatic rings. The predicted molar refractivity (Wildman–Crippen MR) is 321 cm³/mol. The Bertz CT molecular complexity index is 4610. The second kappa shape index (κ2) is 16.8. The van der Waals surface area contributed by atoms with Crippen LogP contribution in [0.5, 0.6) is 0 Å². The van der Waals surface area contributed by atoms with E-state index in [2.05, 4.69) is 267 Å². The molecular formula is C74H44O2. The SMILES string of the molecule is c1ccc(-c2cccc(-c3c4ccccc4c(-c4cc5cc(-c6c7ccccc7c(-c7cccc(-c8ccccc8)c7)c7ccccc67)c6oc7ccccc7c6c5c5c4oc4ccccc45)c4ccccc34)c2)cc1. The molecule has 0 aliphatic carbocycles. The third kappa shape index (κ3) is 6.35. The zero-order valence-electron chi connectivity index (χ0n) is 41.2. The maximum Gasteiger partial charge on any atom is 0.143 e. The summed E-state index contributed by atoms with van der Waals surface area (Å²) < 4.78 is 14.5. The van der Waals surface area contributed by atoms with Gasteiger partial charge in [-0.1, -0.05) is 231 Å². The molecule has 0 fully saturated rings. The first-order valence-electron chi connectivity index (χ1n) is 26.1. The summed E-state index contributed by atoms with van der Waals surface area (Å²) in [6.45, 7) is 0. The van der Waals surface area contributed by atoms with Gasteiger partial charge < -0.3 is 8.83 Å². The summed E-state index contributed by atoms with van der Waals surface area (Å²) in [7, 11) is 0. The van der Waals surface area contributed by atoms with E-state index >= 15 is 0 Å². The van der Waals surface area contributed by atoms with Gasteiger partial charge in [-0.05, 0) is 129 Å². The van der Waals surface area contributed by atoms with Crippen LogP contribution in [-0.2, 0) is 0 Å². The van der Waals surface area contributed by atoms with Gasteiger partial charge in [-0.15, -0.1) is 0 Å². The van der Waals surface area contributed by atoms with Crippen LogP contribution in [0.15, 0.2) is 276 Å². The molecular weight excluding hydrogens is 921 g/mol. The summed E-state index contributed by atoms with van der Waals surface area (Å²) >= 11 is 0. The fourth-order valence-electron chi connectivity index (χ4n) is 12.8. The Morgan fingerprint density at radius 2 is 0.487 bits per heavy atom. The summed E-state index contributed by atoms with van der Waals surface area (Å²) in [4.78, 5) is 0. The molecule has 0 aliphatic heterocycles. The molecule has 2 nitrogen and oxygen atoms in total. The van der Waals surface area contributed by atoms with Gasteiger partial charge in [0, 0.05) is 49.2 Å². The fraction of sp³-hybridized carbons (Fsp3) is 0. The Morgan fingerprint density at radius 1 is 0.197 bits per heavy atom. The maximum absolute atomic E-state index is 7.25. The van der Waals surface area contributed by atoms with E-state index in [9.17, 15) is 0 Å². The highest BCUT2D eigenvalue weighted by Crippen LogP contribution is 2.54. The zero-order chi connectivity index (χ0) is 49.8. The quantitative estimate of drug-likeness (QED) is 0.155. The largest absolute Gasteiger partial charge is 0.455 e. The molecule has 0 N–H and O–H groups in total. The normalized spacial score (nSPS) is 11.9. The van der Waals surface area contributed by atoms with Gasteiger partial charge in [-0.25, -0.2) is 0 Å². The minimum absolute atomic E-state index is 0.850. The number of hydrogen-bond acceptors (Lipinski definition) is 2. The number of para-hydroxylation sites is 2. The molecule has 16 aromatic rings. The minimum atomic E-state index is 0.850. The van der Waals surface area contributed by atoms with E-state index in [1.54, 1.807) is 0 Å². The van der Waals surface area contributed by atoms with Crippen molar-refractivity contribution in [3.8, 4) is 66.8 Å². The van der Waals surface area contributed by atoms with Crippen LogP contribution in [0.3, 0.4) is 0 Å². The predicted octanol–water partition coefficient (Wildman–Crippen LogP) is 21.3. The molecule has 0 saturated heterocycles. The molecule has 0 amide bonds. The van der Waals surface area contributed by atoms with Crippen molar-refractivity contribution in [3.63, 3.8) is 0 Å². The Labute approximate surface area is 437 Å². The average Bonchev–Trinajstić information content (AvgIpc) is 4.21. The van der Waals surface area contributed by atoms with Crippen LogP contribution in [0.2, 0.25) is 0 Å². The summed E-state index contributed by atoms with van der Waals surface area (Å²) in [6.07, 6.45) is 0. The first-order valence-corrected chi connectivity index (χ1v) is 26.1. The topological polar surface area (TPSA) is 26.3 Å². The van der Waals surface area contributed by atoms with E-state index in [4.69, 9.17) is 8.83 Å². The van der Waals surface area contributed by atoms with E-state index in [0.717, 1.165) is 76.9 Å². The highest BCUT2D eigenvalue weighted by molar-refractivity contribution is 6.37. The van der Waals surface area contributed by atoms with Crippen LogP contribution in [0.4, 0.5) is 0 Å². The molecule has 2 heteroatoms. The zero-order valence-corrected chi connectivity index (χ0v) is 41.2. The summed E-state index contributed by atoms with van der Waals surface area (Å²) in [6, 6.07) is 97.1. The Kier molecular flexibility index (Phi) is 9.37. The molecule has 14 aromatic carbocycles. The Balaban J connectivity index is 1.04. The standard InChI is InChI=1S/C74H44O2/c1-3-21-45(22-4-1)47-25-19-27-49(41-47)66-52-29-7-11-33-56(52)69(57-34-12-8-30-53(57)66)62-43-51-44-63(74-72(61-38-16-18-40-65(61)76-74)68(51)71-60-37-15-17-39-64(60)75-73(62)71)70-58-35-13-9-31-54(58)67(55-32-10-14-36-59(55)70)50-28-20-26-48(42-50)46-23-5-2-6-24-46/h1-44H. The average molecular weight is 965 g/mol. The van der Waals surface area contributed by atoms with Crippen molar-refractivity contribution in [2.24, 2.45) is 0 Å². The lowest BCUT2D eigenvalue weighted by atomic mass is 9.82. The highest BCUT2D eigenvalue weighted by atomic mass is 16.3. The third-order valence-electron chi connectivity index (χ3n) is 16.0. The first-order chi connectivity index (χ1) is 37.7. The molecule has 76 heavy (non-hydrogen) atoms. The van der Waals surface area contributed by atoms with Gasteiger partial charge in [0.05, 0.1) is 0 Å². The second-order valence-electron chi connectivity index (χ2n) is 20.1. The van der Waals surface area contributed by atoms with Crippen molar-refractivity contribution in [1.29, 1.82) is 0 Å². The second-order valence-corrected chi connectivity index (χ2v) is 20.1. The fourth-order valence-corrected chi connectivity index (χ4v) is 12.8. The molecule has 352 valence electrons. The van der Waals surface area contributed by atoms with Gasteiger partial charge >= 0.3 is 0 Å². The lowest BCUT2D eigenvalue weighted by Crippen LogP contribution is -1.93. The summed E-state index contributed by atoms with van der Waals surface area (Å²) in [5.74, 6) is 0. The Hall–Kier alpha value is -10.0. The van der Waals surface area contributed by atoms with Crippen LogP contribution in [0, 0.1) is 0 Å². The molecule has 0 atom stereocenters. The van der Waals surface area contributed by atoms with Crippen LogP contribution in [0.1, 0.15) is 0 Å². The number of hydrogen-bond donors (Lipinski definition) is 0. The summed E-state index contributed by atoms with van der Waals surface area (Å²) in [5, 5.41) is 16.0. The number of furan rings is 2. The van der Waals surface area contributed by atoms with Crippen LogP contribution >= 0.6 is 0 Å². The summed E-state index contributed by atoms with van der Waals surface area (Å²) in [5.41, 5.74) is 17.4. The van der Waals surface area contributed by atoms with E-state index < -0.39 is 0 Å². The van der Waals surface area contributed by atoms with Crippen molar-refractivity contribution in [2.45, 2.75) is 0 Å². The lowest BCUT2D eigenvalue weighted by molar-refractivity contribution is 0.670. The van der Waals surface area contributed by atoms with Crippen LogP contribution in [-0.4, -0.2) is 0 Å². The van der Waals surface area contributed by atoms with E-state index in [1.165, 1.54) is 87.6 Å². The van der Waals surface area contributed by atoms with Crippen LogP contribution in [0.25, 0.3) is 165 Å². The lowest BCUT2D eigenvalue weighted by Gasteiger charge is -2.20. The van der Waals surface area contributed by atoms with E-state index in [-0.39, 0.29) is 0 Å². The van der Waals surface area contributed by atoms with Gasteiger partial charge in [0.15, 0.2) is 0 Å². The molecule has 0 bridgehead atoms. The molecule has 2 heterocycles. The molecule has 0 radical (unpaired) electrons. The van der Waals surface area contributed by atoms with E-state index in [1.807, 2.05) is 0 Å². The van der Waals surface area contributed by atoms with Crippen LogP contribution < -0.4 is 0 Å². The minimum Gasteiger partial charge on any atom is -0.455 e. The van der Waals surface area contributed by atoms with Crippen molar-refractivity contribution in [3.05, 3.63) is 267 Å². The van der Waals surface area contributed by atoms with E-state index in [0.29, 0.717) is 0 Å². The number of benzene rings is 14. The molecule has 0 spiro atoms. The van der Waals surface area contributed by atoms with Crippen molar-refractivity contribution < 1.29 is 8.83 Å². The van der Waals surface area contributed by atoms with Gasteiger partial charge in [0.1, 0.15) is 22.3 Å². The van der Waals surface area contributed by atoms with Gasteiger partial charge in [-0.2, -0.15) is 0 Å². The third-order valence-corrected chi connectivity index (χ3v) is 16.0. The molecule has 0 unspecified atom stereocenters. The van der Waals surface area contributed by atoms with Gasteiger partial charge in [0.25, 0.3) is 0 Å². The van der Waals surface area contributed by atoms with Gasteiger partial charge in [0.2, 0.25) is 0 Å². The van der Waals surface area contributed by atoms with Crippen molar-refractivity contribution in [1.82, 2.24) is 0 Å². The molecule has 16 rings (SSSR count). The Morgan fingerprint density at radius 3 is 0.855 bits per heavy atom. The number of rotatable bonds is 6. The maximum atomic E-state index is 7.25. The first kappa shape index (κ1) is 42.5. The molecule has 0 saturated carbocycles.